The molecule has 83 heavy (non-hydrogen) atoms. The lowest BCUT2D eigenvalue weighted by Crippen LogP contribution is -2.30. The minimum absolute atomic E-state index is 0.0856. The number of rotatable bonds is 64. The molecule has 0 aromatic rings. The number of hydrogen-bond donors (Lipinski definition) is 0. The van der Waals surface area contributed by atoms with Gasteiger partial charge in [-0.1, -0.05) is 304 Å². The van der Waals surface area contributed by atoms with E-state index in [1.807, 2.05) is 0 Å². The van der Waals surface area contributed by atoms with E-state index in [1.165, 1.54) is 186 Å². The summed E-state index contributed by atoms with van der Waals surface area (Å²) in [4.78, 5) is 38.5. The minimum atomic E-state index is -0.792. The fraction of sp³-hybridized carbons (Fsp3) is 0.727. The molecule has 0 saturated heterocycles. The third-order valence-electron chi connectivity index (χ3n) is 15.2. The Bertz CT molecular complexity index is 1660. The molecule has 0 radical (unpaired) electrons. The van der Waals surface area contributed by atoms with Gasteiger partial charge in [0.1, 0.15) is 13.2 Å². The second kappa shape index (κ2) is 70.6. The second-order valence-electron chi connectivity index (χ2n) is 23.4. The van der Waals surface area contributed by atoms with Crippen molar-refractivity contribution in [1.29, 1.82) is 0 Å². The quantitative estimate of drug-likeness (QED) is 0.0261. The largest absolute Gasteiger partial charge is 0.462 e. The number of hydrogen-bond acceptors (Lipinski definition) is 6. The molecule has 0 saturated carbocycles. The molecule has 0 heterocycles. The topological polar surface area (TPSA) is 78.9 Å². The highest BCUT2D eigenvalue weighted by molar-refractivity contribution is 5.71. The zero-order chi connectivity index (χ0) is 59.9. The molecule has 1 atom stereocenters. The van der Waals surface area contributed by atoms with Gasteiger partial charge in [0, 0.05) is 19.3 Å². The van der Waals surface area contributed by atoms with E-state index in [9.17, 15) is 14.4 Å². The second-order valence-corrected chi connectivity index (χ2v) is 23.4. The molecule has 476 valence electrons. The minimum Gasteiger partial charge on any atom is -0.462 e. The van der Waals surface area contributed by atoms with Gasteiger partial charge in [0.25, 0.3) is 0 Å². The van der Waals surface area contributed by atoms with Crippen LogP contribution in [-0.4, -0.2) is 37.2 Å². The number of ether oxygens (including phenoxy) is 3. The van der Waals surface area contributed by atoms with Crippen molar-refractivity contribution in [2.45, 2.75) is 348 Å². The van der Waals surface area contributed by atoms with Crippen LogP contribution in [0.4, 0.5) is 0 Å². The van der Waals surface area contributed by atoms with Crippen molar-refractivity contribution in [3.63, 3.8) is 0 Å². The number of allylic oxidation sites excluding steroid dienone is 18. The average molecular weight is 1150 g/mol. The summed E-state index contributed by atoms with van der Waals surface area (Å²) in [5, 5.41) is 0. The molecule has 0 aromatic carbocycles. The predicted octanol–water partition coefficient (Wildman–Crippen LogP) is 24.6. The van der Waals surface area contributed by atoms with E-state index in [2.05, 4.69) is 130 Å². The van der Waals surface area contributed by atoms with Crippen LogP contribution in [0.1, 0.15) is 342 Å². The first-order valence-electron chi connectivity index (χ1n) is 35.4. The molecule has 0 N–H and O–H groups in total. The van der Waals surface area contributed by atoms with Gasteiger partial charge in [-0.15, -0.1) is 0 Å². The van der Waals surface area contributed by atoms with Crippen molar-refractivity contribution in [3.8, 4) is 0 Å². The first-order chi connectivity index (χ1) is 41.0. The maximum atomic E-state index is 13.0. The molecule has 0 amide bonds. The molecule has 0 fully saturated rings. The molecule has 0 aromatic heterocycles. The Labute approximate surface area is 514 Å². The lowest BCUT2D eigenvalue weighted by atomic mass is 10.0. The maximum absolute atomic E-state index is 13.0. The molecule has 0 rings (SSSR count). The van der Waals surface area contributed by atoms with Gasteiger partial charge in [-0.25, -0.2) is 0 Å². The molecule has 0 aliphatic heterocycles. The van der Waals surface area contributed by atoms with Gasteiger partial charge in [-0.2, -0.15) is 0 Å². The normalized spacial score (nSPS) is 12.8. The smallest absolute Gasteiger partial charge is 0.306 e. The summed E-state index contributed by atoms with van der Waals surface area (Å²) < 4.78 is 17.0. The van der Waals surface area contributed by atoms with Crippen molar-refractivity contribution in [2.24, 2.45) is 0 Å². The Morgan fingerprint density at radius 1 is 0.253 bits per heavy atom. The number of unbranched alkanes of at least 4 members (excludes halogenated alkanes) is 35. The first-order valence-corrected chi connectivity index (χ1v) is 35.4. The summed E-state index contributed by atoms with van der Waals surface area (Å²) in [6.07, 6.45) is 96.7. The van der Waals surface area contributed by atoms with Gasteiger partial charge >= 0.3 is 17.9 Å². The zero-order valence-electron chi connectivity index (χ0n) is 54.7. The van der Waals surface area contributed by atoms with Crippen LogP contribution in [0.2, 0.25) is 0 Å². The van der Waals surface area contributed by atoms with Crippen LogP contribution >= 0.6 is 0 Å². The zero-order valence-corrected chi connectivity index (χ0v) is 54.7. The number of esters is 3. The van der Waals surface area contributed by atoms with Crippen LogP contribution in [0.5, 0.6) is 0 Å². The van der Waals surface area contributed by atoms with Crippen LogP contribution in [-0.2, 0) is 28.6 Å². The highest BCUT2D eigenvalue weighted by Gasteiger charge is 2.19. The summed E-state index contributed by atoms with van der Waals surface area (Å²) in [7, 11) is 0. The fourth-order valence-corrected chi connectivity index (χ4v) is 9.94. The summed E-state index contributed by atoms with van der Waals surface area (Å²) >= 11 is 0. The molecule has 0 spiro atoms. The fourth-order valence-electron chi connectivity index (χ4n) is 9.94. The van der Waals surface area contributed by atoms with Crippen LogP contribution in [0, 0.1) is 0 Å². The van der Waals surface area contributed by atoms with Crippen molar-refractivity contribution in [1.82, 2.24) is 0 Å². The monoisotopic (exact) mass is 1150 g/mol. The van der Waals surface area contributed by atoms with Crippen LogP contribution in [0.25, 0.3) is 0 Å². The molecule has 0 bridgehead atoms. The highest BCUT2D eigenvalue weighted by atomic mass is 16.6. The van der Waals surface area contributed by atoms with E-state index in [0.717, 1.165) is 116 Å². The summed E-state index contributed by atoms with van der Waals surface area (Å²) in [5.41, 5.74) is 0. The van der Waals surface area contributed by atoms with E-state index in [1.54, 1.807) is 0 Å². The van der Waals surface area contributed by atoms with Gasteiger partial charge in [0.2, 0.25) is 0 Å². The third kappa shape index (κ3) is 68.7. The molecule has 0 aliphatic rings. The lowest BCUT2D eigenvalue weighted by molar-refractivity contribution is -0.167. The summed E-state index contributed by atoms with van der Waals surface area (Å²) in [6.45, 7) is 6.53. The van der Waals surface area contributed by atoms with Crippen LogP contribution < -0.4 is 0 Å². The van der Waals surface area contributed by atoms with Gasteiger partial charge in [0.15, 0.2) is 6.10 Å². The molecular weight excluding hydrogens is 1020 g/mol. The average Bonchev–Trinajstić information content (AvgIpc) is 3.49. The Kier molecular flexibility index (Phi) is 67.2. The van der Waals surface area contributed by atoms with Crippen molar-refractivity contribution in [3.05, 3.63) is 109 Å². The van der Waals surface area contributed by atoms with Gasteiger partial charge in [-0.05, 0) is 128 Å². The van der Waals surface area contributed by atoms with Crippen LogP contribution in [0.15, 0.2) is 109 Å². The summed E-state index contributed by atoms with van der Waals surface area (Å²) in [5.74, 6) is -0.892. The number of carbonyl (C=O) groups excluding carboxylic acids is 3. The van der Waals surface area contributed by atoms with E-state index < -0.39 is 6.10 Å². The SMILES string of the molecule is CC/C=C\C/C=C\C/C=C\C/C=C\C/C=C\CCCCCCCCCCCCCC(=O)OCC(COC(=O)CCCCCCCCC/C=C\CCCCCCCC)OC(=O)CCCCCCCC/C=C\C/C=C\C/C=C\CCCCCCC. The van der Waals surface area contributed by atoms with Crippen molar-refractivity contribution in [2.75, 3.05) is 13.2 Å². The number of carbonyl (C=O) groups is 3. The van der Waals surface area contributed by atoms with Gasteiger partial charge in [0.05, 0.1) is 0 Å². The summed E-state index contributed by atoms with van der Waals surface area (Å²) in [6, 6.07) is 0. The molecule has 6 nitrogen and oxygen atoms in total. The van der Waals surface area contributed by atoms with Crippen LogP contribution in [0.3, 0.4) is 0 Å². The Hall–Kier alpha value is -3.93. The third-order valence-corrected chi connectivity index (χ3v) is 15.2. The van der Waals surface area contributed by atoms with E-state index >= 15 is 0 Å². The maximum Gasteiger partial charge on any atom is 0.306 e. The first kappa shape index (κ1) is 79.1. The van der Waals surface area contributed by atoms with Crippen molar-refractivity contribution < 1.29 is 28.6 Å². The molecular formula is C77H132O6. The van der Waals surface area contributed by atoms with E-state index in [0.29, 0.717) is 19.3 Å². The molecule has 0 aliphatic carbocycles. The Morgan fingerprint density at radius 2 is 0.470 bits per heavy atom. The van der Waals surface area contributed by atoms with Gasteiger partial charge < -0.3 is 14.2 Å². The van der Waals surface area contributed by atoms with Crippen molar-refractivity contribution >= 4 is 17.9 Å². The molecule has 1 unspecified atom stereocenters. The predicted molar refractivity (Wildman–Crippen MR) is 362 cm³/mol. The highest BCUT2D eigenvalue weighted by Crippen LogP contribution is 2.16. The van der Waals surface area contributed by atoms with Gasteiger partial charge in [-0.3, -0.25) is 14.4 Å². The molecule has 6 heteroatoms. The Balaban J connectivity index is 4.38. The Morgan fingerprint density at radius 3 is 0.747 bits per heavy atom. The lowest BCUT2D eigenvalue weighted by Gasteiger charge is -2.18. The van der Waals surface area contributed by atoms with E-state index in [-0.39, 0.29) is 31.1 Å². The standard InChI is InChI=1S/C77H132O6/c1-4-7-10-13-16-19-22-25-28-31-33-35-36-37-38-39-40-42-43-46-49-52-55-58-61-64-67-70-76(79)82-73-74(72-81-75(78)69-66-63-60-57-54-51-48-45-30-27-24-21-18-15-12-9-6-3)83-77(80)71-68-65-62-59-56-53-50-47-44-41-34-32-29-26-23-20-17-14-11-8-5-2/h7,10,16,19,23,25-28,30,32-35,37-38,44,47,74H,4-6,8-9,11-15,17-18,20-22,24,29,31,36,39-43,45-46,48-73H2,1-3H3/b10-7-,19-16-,26-23-,28-25-,30-27-,34-32-,35-33-,38-37-,47-44-. The van der Waals surface area contributed by atoms with E-state index in [4.69, 9.17) is 14.2 Å².